The fraction of sp³-hybridized carbons (Fsp3) is 0.556. The quantitative estimate of drug-likeness (QED) is 0.534. The van der Waals surface area contributed by atoms with Crippen LogP contribution in [-0.4, -0.2) is 22.3 Å². The Morgan fingerprint density at radius 2 is 2.31 bits per heavy atom. The first-order valence-corrected chi connectivity index (χ1v) is 5.43. The molecule has 4 heteroatoms. The number of nitrogens with zero attached hydrogens (tertiary/aromatic N) is 2. The molecule has 0 unspecified atom stereocenters. The molecule has 70 valence electrons. The topological polar surface area (TPSA) is 35.0 Å². The summed E-state index contributed by atoms with van der Waals surface area (Å²) in [5.74, 6) is 1.79. The molecule has 0 amide bonds. The first-order valence-electron chi connectivity index (χ1n) is 4.44. The number of fused-ring (bicyclic) bond motifs is 1. The van der Waals surface area contributed by atoms with Crippen molar-refractivity contribution in [1.82, 2.24) is 9.97 Å². The Morgan fingerprint density at radius 1 is 1.46 bits per heavy atom. The summed E-state index contributed by atoms with van der Waals surface area (Å²) >= 11 is 1.65. The smallest absolute Gasteiger partial charge is 0.221 e. The fourth-order valence-electron chi connectivity index (χ4n) is 1.40. The van der Waals surface area contributed by atoms with Crippen molar-refractivity contribution in [3.8, 4) is 5.88 Å². The zero-order chi connectivity index (χ0) is 9.26. The highest BCUT2D eigenvalue weighted by Gasteiger charge is 2.18. The lowest BCUT2D eigenvalue weighted by molar-refractivity contribution is 0.342. The first-order chi connectivity index (χ1) is 6.31. The van der Waals surface area contributed by atoms with E-state index in [9.17, 15) is 0 Å². The van der Waals surface area contributed by atoms with Gasteiger partial charge in [-0.1, -0.05) is 18.7 Å². The van der Waals surface area contributed by atoms with Crippen molar-refractivity contribution in [2.75, 3.05) is 12.4 Å². The Labute approximate surface area is 81.9 Å². The summed E-state index contributed by atoms with van der Waals surface area (Å²) in [4.78, 5) is 8.74. The minimum Gasteiger partial charge on any atom is -0.477 e. The second-order valence-corrected chi connectivity index (χ2v) is 4.14. The Bertz CT molecular complexity index is 328. The molecule has 0 radical (unpaired) electrons. The number of thioether (sulfide) groups is 1. The number of rotatable bonds is 2. The number of hydrogen-bond donors (Lipinski definition) is 0. The summed E-state index contributed by atoms with van der Waals surface area (Å²) in [5.41, 5.74) is 2.25. The van der Waals surface area contributed by atoms with E-state index in [0.717, 1.165) is 35.5 Å². The van der Waals surface area contributed by atoms with E-state index in [1.165, 1.54) is 5.56 Å². The predicted octanol–water partition coefficient (Wildman–Crippen LogP) is 1.83. The third-order valence-electron chi connectivity index (χ3n) is 2.02. The van der Waals surface area contributed by atoms with Crippen LogP contribution in [0.3, 0.4) is 0 Å². The van der Waals surface area contributed by atoms with E-state index in [1.54, 1.807) is 11.8 Å². The van der Waals surface area contributed by atoms with Gasteiger partial charge in [0.25, 0.3) is 0 Å². The molecule has 0 aromatic carbocycles. The highest BCUT2D eigenvalue weighted by molar-refractivity contribution is 7.99. The summed E-state index contributed by atoms with van der Waals surface area (Å²) in [6.07, 6.45) is 0.957. The van der Waals surface area contributed by atoms with E-state index in [-0.39, 0.29) is 0 Å². The van der Waals surface area contributed by atoms with E-state index in [4.69, 9.17) is 4.74 Å². The maximum atomic E-state index is 5.40. The van der Waals surface area contributed by atoms with E-state index in [0.29, 0.717) is 0 Å². The molecule has 1 aliphatic heterocycles. The molecule has 0 bridgehead atoms. The van der Waals surface area contributed by atoms with Crippen LogP contribution in [0.4, 0.5) is 0 Å². The van der Waals surface area contributed by atoms with Gasteiger partial charge in [-0.05, 0) is 12.7 Å². The molecule has 0 atom stereocenters. The van der Waals surface area contributed by atoms with Crippen molar-refractivity contribution in [2.45, 2.75) is 25.4 Å². The van der Waals surface area contributed by atoms with Gasteiger partial charge in [0.2, 0.25) is 5.88 Å². The van der Waals surface area contributed by atoms with Crippen LogP contribution in [0.25, 0.3) is 0 Å². The van der Waals surface area contributed by atoms with Gasteiger partial charge >= 0.3 is 0 Å². The zero-order valence-electron chi connectivity index (χ0n) is 7.83. The number of hydrogen-bond acceptors (Lipinski definition) is 4. The van der Waals surface area contributed by atoms with E-state index in [1.807, 2.05) is 6.92 Å². The summed E-state index contributed by atoms with van der Waals surface area (Å²) in [6, 6.07) is 0. The predicted molar refractivity (Wildman–Crippen MR) is 52.4 cm³/mol. The molecule has 2 rings (SSSR count). The molecule has 1 aliphatic rings. The van der Waals surface area contributed by atoms with Gasteiger partial charge in [0, 0.05) is 17.7 Å². The highest BCUT2D eigenvalue weighted by Crippen LogP contribution is 2.27. The second-order valence-electron chi connectivity index (χ2n) is 2.91. The number of aromatic nitrogens is 2. The summed E-state index contributed by atoms with van der Waals surface area (Å²) in [6.45, 7) is 4.87. The van der Waals surface area contributed by atoms with Crippen LogP contribution in [-0.2, 0) is 6.42 Å². The molecular weight excluding hydrogens is 184 g/mol. The van der Waals surface area contributed by atoms with Crippen LogP contribution >= 0.6 is 11.8 Å². The van der Waals surface area contributed by atoms with Crippen molar-refractivity contribution in [3.05, 3.63) is 11.3 Å². The molecule has 2 heterocycles. The van der Waals surface area contributed by atoms with Gasteiger partial charge in [-0.3, -0.25) is 0 Å². The zero-order valence-corrected chi connectivity index (χ0v) is 8.65. The van der Waals surface area contributed by atoms with Crippen LogP contribution in [0.2, 0.25) is 0 Å². The van der Waals surface area contributed by atoms with Gasteiger partial charge in [0.05, 0.1) is 6.61 Å². The van der Waals surface area contributed by atoms with Crippen molar-refractivity contribution in [2.24, 2.45) is 0 Å². The van der Waals surface area contributed by atoms with Crippen molar-refractivity contribution >= 4 is 11.8 Å². The molecule has 1 aromatic rings. The van der Waals surface area contributed by atoms with Crippen LogP contribution in [0.15, 0.2) is 5.16 Å². The third kappa shape index (κ3) is 1.63. The van der Waals surface area contributed by atoms with Crippen molar-refractivity contribution < 1.29 is 4.74 Å². The Morgan fingerprint density at radius 3 is 3.08 bits per heavy atom. The Hall–Kier alpha value is -0.770. The van der Waals surface area contributed by atoms with Gasteiger partial charge in [-0.2, -0.15) is 4.98 Å². The van der Waals surface area contributed by atoms with E-state index >= 15 is 0 Å². The lowest BCUT2D eigenvalue weighted by Gasteiger charge is -2.03. The average Bonchev–Trinajstić information content (AvgIpc) is 2.53. The van der Waals surface area contributed by atoms with E-state index in [2.05, 4.69) is 16.9 Å². The van der Waals surface area contributed by atoms with Crippen LogP contribution in [0.5, 0.6) is 5.88 Å². The van der Waals surface area contributed by atoms with Crippen molar-refractivity contribution in [1.29, 1.82) is 0 Å². The molecule has 0 saturated carbocycles. The maximum Gasteiger partial charge on any atom is 0.221 e. The lowest BCUT2D eigenvalue weighted by atomic mass is 10.2. The highest BCUT2D eigenvalue weighted by atomic mass is 32.2. The summed E-state index contributed by atoms with van der Waals surface area (Å²) in [7, 11) is 0. The van der Waals surface area contributed by atoms with Crippen LogP contribution < -0.4 is 4.74 Å². The van der Waals surface area contributed by atoms with Gasteiger partial charge in [0.1, 0.15) is 0 Å². The van der Waals surface area contributed by atoms with Gasteiger partial charge in [-0.25, -0.2) is 4.98 Å². The van der Waals surface area contributed by atoms with Gasteiger partial charge in [-0.15, -0.1) is 0 Å². The fourth-order valence-corrected chi connectivity index (χ4v) is 2.00. The Kier molecular flexibility index (Phi) is 2.40. The van der Waals surface area contributed by atoms with Crippen LogP contribution in [0, 0.1) is 6.92 Å². The molecule has 3 nitrogen and oxygen atoms in total. The second kappa shape index (κ2) is 3.54. The monoisotopic (exact) mass is 196 g/mol. The SMILES string of the molecule is CCSc1nc(C)c2c(n1)OCC2. The molecule has 0 spiro atoms. The molecule has 0 N–H and O–H groups in total. The molecule has 0 aliphatic carbocycles. The molecule has 0 saturated heterocycles. The number of ether oxygens (including phenoxy) is 1. The number of aryl methyl sites for hydroxylation is 1. The first kappa shape index (κ1) is 8.81. The average molecular weight is 196 g/mol. The lowest BCUT2D eigenvalue weighted by Crippen LogP contribution is -1.95. The van der Waals surface area contributed by atoms with Gasteiger partial charge in [0.15, 0.2) is 5.16 Å². The summed E-state index contributed by atoms with van der Waals surface area (Å²) in [5, 5.41) is 0.834. The standard InChI is InChI=1S/C9H12N2OS/c1-3-13-9-10-6(2)7-4-5-12-8(7)11-9/h3-5H2,1-2H3. The minimum absolute atomic E-state index is 0.755. The van der Waals surface area contributed by atoms with Gasteiger partial charge < -0.3 is 4.74 Å². The summed E-state index contributed by atoms with van der Waals surface area (Å²) < 4.78 is 5.40. The molecule has 1 aromatic heterocycles. The maximum absolute atomic E-state index is 5.40. The van der Waals surface area contributed by atoms with Crippen molar-refractivity contribution in [3.63, 3.8) is 0 Å². The van der Waals surface area contributed by atoms with Crippen LogP contribution in [0.1, 0.15) is 18.2 Å². The molecular formula is C9H12N2OS. The largest absolute Gasteiger partial charge is 0.477 e. The third-order valence-corrected chi connectivity index (χ3v) is 2.75. The molecule has 13 heavy (non-hydrogen) atoms. The Balaban J connectivity index is 2.37. The molecule has 0 fully saturated rings. The van der Waals surface area contributed by atoms with E-state index < -0.39 is 0 Å². The normalized spacial score (nSPS) is 14.0. The minimum atomic E-state index is 0.755.